The number of nitro benzene ring substituents is 1. The van der Waals surface area contributed by atoms with Crippen molar-refractivity contribution in [1.29, 1.82) is 0 Å². The van der Waals surface area contributed by atoms with Gasteiger partial charge in [-0.3, -0.25) is 10.1 Å². The predicted octanol–water partition coefficient (Wildman–Crippen LogP) is 1.57. The van der Waals surface area contributed by atoms with Crippen molar-refractivity contribution >= 4 is 5.69 Å². The summed E-state index contributed by atoms with van der Waals surface area (Å²) in [6.07, 6.45) is 0.977. The maximum Gasteiger partial charge on any atom is 0.269 e. The SMILES string of the molecule is O=[N+]([O-])c1ccc2c(c1)CCC2O. The highest BCUT2D eigenvalue weighted by Gasteiger charge is 2.22. The number of non-ortho nitro benzene ring substituents is 1. The Labute approximate surface area is 75.0 Å². The first kappa shape index (κ1) is 8.19. The van der Waals surface area contributed by atoms with Gasteiger partial charge in [-0.15, -0.1) is 0 Å². The van der Waals surface area contributed by atoms with E-state index in [2.05, 4.69) is 0 Å². The third kappa shape index (κ3) is 1.29. The summed E-state index contributed by atoms with van der Waals surface area (Å²) in [6, 6.07) is 4.63. The highest BCUT2D eigenvalue weighted by Crippen LogP contribution is 2.32. The predicted molar refractivity (Wildman–Crippen MR) is 46.4 cm³/mol. The Kier molecular flexibility index (Phi) is 1.77. The zero-order valence-electron chi connectivity index (χ0n) is 6.93. The number of hydrogen-bond donors (Lipinski definition) is 1. The molecule has 1 N–H and O–H groups in total. The number of nitro groups is 1. The van der Waals surface area contributed by atoms with Gasteiger partial charge in [0, 0.05) is 12.1 Å². The van der Waals surface area contributed by atoms with Crippen LogP contribution in [0.3, 0.4) is 0 Å². The normalized spacial score (nSPS) is 19.9. The zero-order chi connectivity index (χ0) is 9.42. The van der Waals surface area contributed by atoms with Gasteiger partial charge in [0.2, 0.25) is 0 Å². The molecule has 4 nitrogen and oxygen atoms in total. The molecule has 0 aromatic heterocycles. The fraction of sp³-hybridized carbons (Fsp3) is 0.333. The molecule has 1 aliphatic rings. The third-order valence-electron chi connectivity index (χ3n) is 2.38. The van der Waals surface area contributed by atoms with Crippen molar-refractivity contribution in [2.75, 3.05) is 0 Å². The first-order valence-electron chi connectivity index (χ1n) is 4.14. The average Bonchev–Trinajstić information content (AvgIpc) is 2.47. The van der Waals surface area contributed by atoms with Crippen LogP contribution in [0.15, 0.2) is 18.2 Å². The monoisotopic (exact) mass is 179 g/mol. The number of aliphatic hydroxyl groups excluding tert-OH is 1. The molecule has 0 saturated heterocycles. The van der Waals surface area contributed by atoms with Gasteiger partial charge in [-0.2, -0.15) is 0 Å². The summed E-state index contributed by atoms with van der Waals surface area (Å²) >= 11 is 0. The second-order valence-corrected chi connectivity index (χ2v) is 3.19. The van der Waals surface area contributed by atoms with Gasteiger partial charge in [0.05, 0.1) is 11.0 Å². The molecule has 1 aromatic rings. The van der Waals surface area contributed by atoms with Crippen molar-refractivity contribution in [1.82, 2.24) is 0 Å². The molecular weight excluding hydrogens is 170 g/mol. The molecule has 0 spiro atoms. The smallest absolute Gasteiger partial charge is 0.269 e. The molecular formula is C9H9NO3. The summed E-state index contributed by atoms with van der Waals surface area (Å²) in [6.45, 7) is 0. The molecule has 4 heteroatoms. The van der Waals surface area contributed by atoms with Gasteiger partial charge in [-0.25, -0.2) is 0 Å². The van der Waals surface area contributed by atoms with Crippen LogP contribution in [0.4, 0.5) is 5.69 Å². The number of benzene rings is 1. The van der Waals surface area contributed by atoms with Gasteiger partial charge in [0.25, 0.3) is 5.69 Å². The van der Waals surface area contributed by atoms with Gasteiger partial charge in [0.1, 0.15) is 0 Å². The lowest BCUT2D eigenvalue weighted by atomic mass is 10.1. The van der Waals surface area contributed by atoms with E-state index < -0.39 is 11.0 Å². The highest BCUT2D eigenvalue weighted by molar-refractivity contribution is 5.43. The number of aliphatic hydroxyl groups is 1. The zero-order valence-corrected chi connectivity index (χ0v) is 6.93. The second kappa shape index (κ2) is 2.81. The van der Waals surface area contributed by atoms with Crippen LogP contribution in [-0.4, -0.2) is 10.0 Å². The summed E-state index contributed by atoms with van der Waals surface area (Å²) < 4.78 is 0. The van der Waals surface area contributed by atoms with Crippen LogP contribution in [0.2, 0.25) is 0 Å². The Balaban J connectivity index is 2.45. The Hall–Kier alpha value is -1.42. The molecule has 1 aromatic carbocycles. The van der Waals surface area contributed by atoms with E-state index in [1.807, 2.05) is 0 Å². The van der Waals surface area contributed by atoms with Crippen LogP contribution >= 0.6 is 0 Å². The van der Waals surface area contributed by atoms with Gasteiger partial charge >= 0.3 is 0 Å². The summed E-state index contributed by atoms with van der Waals surface area (Å²) in [5.74, 6) is 0. The summed E-state index contributed by atoms with van der Waals surface area (Å²) in [7, 11) is 0. The largest absolute Gasteiger partial charge is 0.388 e. The van der Waals surface area contributed by atoms with Crippen molar-refractivity contribution in [3.05, 3.63) is 39.4 Å². The maximum atomic E-state index is 10.4. The molecule has 68 valence electrons. The number of fused-ring (bicyclic) bond motifs is 1. The molecule has 0 fully saturated rings. The van der Waals surface area contributed by atoms with Gasteiger partial charge in [0.15, 0.2) is 0 Å². The van der Waals surface area contributed by atoms with Crippen LogP contribution < -0.4 is 0 Å². The lowest BCUT2D eigenvalue weighted by Crippen LogP contribution is -1.92. The molecule has 0 aliphatic heterocycles. The van der Waals surface area contributed by atoms with Crippen molar-refractivity contribution in [3.8, 4) is 0 Å². The van der Waals surface area contributed by atoms with E-state index in [4.69, 9.17) is 0 Å². The average molecular weight is 179 g/mol. The van der Waals surface area contributed by atoms with Crippen LogP contribution in [0.1, 0.15) is 23.7 Å². The molecule has 0 bridgehead atoms. The lowest BCUT2D eigenvalue weighted by Gasteiger charge is -2.01. The molecule has 1 aliphatic carbocycles. The molecule has 0 heterocycles. The standard InChI is InChI=1S/C9H9NO3/c11-9-4-1-6-5-7(10(12)13)2-3-8(6)9/h2-3,5,9,11H,1,4H2. The first-order valence-corrected chi connectivity index (χ1v) is 4.14. The van der Waals surface area contributed by atoms with Crippen LogP contribution in [0.5, 0.6) is 0 Å². The van der Waals surface area contributed by atoms with Crippen LogP contribution in [0.25, 0.3) is 0 Å². The minimum absolute atomic E-state index is 0.104. The third-order valence-corrected chi connectivity index (χ3v) is 2.38. The first-order chi connectivity index (χ1) is 6.18. The quantitative estimate of drug-likeness (QED) is 0.525. The fourth-order valence-corrected chi connectivity index (χ4v) is 1.70. The Morgan fingerprint density at radius 2 is 2.31 bits per heavy atom. The number of nitrogens with zero attached hydrogens (tertiary/aromatic N) is 1. The summed E-state index contributed by atoms with van der Waals surface area (Å²) in [4.78, 5) is 10.0. The number of rotatable bonds is 1. The van der Waals surface area contributed by atoms with Crippen molar-refractivity contribution < 1.29 is 10.0 Å². The molecule has 2 rings (SSSR count). The minimum atomic E-state index is -0.434. The van der Waals surface area contributed by atoms with Crippen molar-refractivity contribution in [2.24, 2.45) is 0 Å². The van der Waals surface area contributed by atoms with E-state index >= 15 is 0 Å². The number of aryl methyl sites for hydroxylation is 1. The Morgan fingerprint density at radius 1 is 1.54 bits per heavy atom. The Morgan fingerprint density at radius 3 is 3.00 bits per heavy atom. The van der Waals surface area contributed by atoms with Gasteiger partial charge in [-0.05, 0) is 30.0 Å². The summed E-state index contributed by atoms with van der Waals surface area (Å²) in [5.41, 5.74) is 1.85. The van der Waals surface area contributed by atoms with Crippen molar-refractivity contribution in [3.63, 3.8) is 0 Å². The van der Waals surface area contributed by atoms with E-state index in [-0.39, 0.29) is 5.69 Å². The lowest BCUT2D eigenvalue weighted by molar-refractivity contribution is -0.384. The highest BCUT2D eigenvalue weighted by atomic mass is 16.6. The molecule has 0 amide bonds. The number of hydrogen-bond acceptors (Lipinski definition) is 3. The van der Waals surface area contributed by atoms with E-state index in [9.17, 15) is 15.2 Å². The van der Waals surface area contributed by atoms with Crippen molar-refractivity contribution in [2.45, 2.75) is 18.9 Å². The molecule has 1 unspecified atom stereocenters. The summed E-state index contributed by atoms with van der Waals surface area (Å²) in [5, 5.41) is 19.9. The fourth-order valence-electron chi connectivity index (χ4n) is 1.70. The van der Waals surface area contributed by atoms with Gasteiger partial charge in [-0.1, -0.05) is 0 Å². The van der Waals surface area contributed by atoms with Crippen LogP contribution in [-0.2, 0) is 6.42 Å². The van der Waals surface area contributed by atoms with E-state index in [0.717, 1.165) is 17.5 Å². The molecule has 0 saturated carbocycles. The van der Waals surface area contributed by atoms with E-state index in [1.54, 1.807) is 12.1 Å². The minimum Gasteiger partial charge on any atom is -0.388 e. The topological polar surface area (TPSA) is 63.4 Å². The van der Waals surface area contributed by atoms with Crippen LogP contribution in [0, 0.1) is 10.1 Å². The second-order valence-electron chi connectivity index (χ2n) is 3.19. The molecule has 1 atom stereocenters. The van der Waals surface area contributed by atoms with E-state index in [0.29, 0.717) is 6.42 Å². The van der Waals surface area contributed by atoms with Gasteiger partial charge < -0.3 is 5.11 Å². The maximum absolute atomic E-state index is 10.4. The van der Waals surface area contributed by atoms with E-state index in [1.165, 1.54) is 6.07 Å². The Bertz CT molecular complexity index is 362. The molecule has 0 radical (unpaired) electrons. The molecule has 13 heavy (non-hydrogen) atoms.